The largest absolute Gasteiger partial charge is 0.357 e. The molecule has 0 aromatic rings. The number of nitrogens with zero attached hydrogens (tertiary/aromatic N) is 1. The highest BCUT2D eigenvalue weighted by atomic mass is 16.2. The van der Waals surface area contributed by atoms with Crippen molar-refractivity contribution in [2.75, 3.05) is 26.7 Å². The number of carbonyl (C=O) groups excluding carboxylic acids is 2. The Hall–Kier alpha value is -1.14. The third kappa shape index (κ3) is 2.64. The quantitative estimate of drug-likeness (QED) is 0.571. The van der Waals surface area contributed by atoms with Crippen molar-refractivity contribution in [3.05, 3.63) is 0 Å². The van der Waals surface area contributed by atoms with Gasteiger partial charge in [0.15, 0.2) is 0 Å². The second kappa shape index (κ2) is 5.67. The Morgan fingerprint density at radius 3 is 2.67 bits per heavy atom. The lowest BCUT2D eigenvalue weighted by molar-refractivity contribution is -0.140. The van der Waals surface area contributed by atoms with E-state index in [1.807, 2.05) is 0 Å². The monoisotopic (exact) mass is 254 g/mol. The Morgan fingerprint density at radius 2 is 2.06 bits per heavy atom. The SMILES string of the molecule is CNC(=O)C1CCCN1C(=O)C1CNC(C)CN1. The van der Waals surface area contributed by atoms with Crippen LogP contribution in [0.2, 0.25) is 0 Å². The van der Waals surface area contributed by atoms with Crippen LogP contribution in [0.15, 0.2) is 0 Å². The summed E-state index contributed by atoms with van der Waals surface area (Å²) >= 11 is 0. The third-order valence-corrected chi connectivity index (χ3v) is 3.72. The van der Waals surface area contributed by atoms with E-state index in [9.17, 15) is 9.59 Å². The van der Waals surface area contributed by atoms with Crippen molar-refractivity contribution < 1.29 is 9.59 Å². The van der Waals surface area contributed by atoms with E-state index in [-0.39, 0.29) is 23.9 Å². The van der Waals surface area contributed by atoms with Crippen molar-refractivity contribution in [2.24, 2.45) is 0 Å². The average molecular weight is 254 g/mol. The molecule has 2 heterocycles. The van der Waals surface area contributed by atoms with Crippen molar-refractivity contribution in [2.45, 2.75) is 37.9 Å². The zero-order valence-electron chi connectivity index (χ0n) is 11.0. The van der Waals surface area contributed by atoms with E-state index in [2.05, 4.69) is 22.9 Å². The number of hydrogen-bond donors (Lipinski definition) is 3. The first-order valence-corrected chi connectivity index (χ1v) is 6.62. The first-order chi connectivity index (χ1) is 8.63. The Labute approximate surface area is 107 Å². The average Bonchev–Trinajstić information content (AvgIpc) is 2.87. The van der Waals surface area contributed by atoms with Gasteiger partial charge in [0.1, 0.15) is 6.04 Å². The molecule has 2 amide bonds. The maximum atomic E-state index is 12.4. The molecular formula is C12H22N4O2. The minimum Gasteiger partial charge on any atom is -0.357 e. The Bertz CT molecular complexity index is 326. The number of carbonyl (C=O) groups is 2. The highest BCUT2D eigenvalue weighted by molar-refractivity contribution is 5.90. The fraction of sp³-hybridized carbons (Fsp3) is 0.833. The van der Waals surface area contributed by atoms with Crippen LogP contribution in [-0.4, -0.2) is 61.5 Å². The first-order valence-electron chi connectivity index (χ1n) is 6.62. The van der Waals surface area contributed by atoms with Crippen molar-refractivity contribution >= 4 is 11.8 Å². The molecule has 2 fully saturated rings. The lowest BCUT2D eigenvalue weighted by Gasteiger charge is -2.33. The lowest BCUT2D eigenvalue weighted by atomic mass is 10.1. The minimum atomic E-state index is -0.288. The van der Waals surface area contributed by atoms with Gasteiger partial charge in [0.25, 0.3) is 0 Å². The van der Waals surface area contributed by atoms with E-state index in [1.54, 1.807) is 11.9 Å². The standard InChI is InChI=1S/C12H22N4O2/c1-8-6-15-9(7-14-8)12(18)16-5-3-4-10(16)11(17)13-2/h8-10,14-15H,3-7H2,1-2H3,(H,13,17). The van der Waals surface area contributed by atoms with Gasteiger partial charge < -0.3 is 20.9 Å². The second-order valence-electron chi connectivity index (χ2n) is 5.07. The van der Waals surface area contributed by atoms with E-state index in [1.165, 1.54) is 0 Å². The number of likely N-dealkylation sites (tertiary alicyclic amines) is 1. The van der Waals surface area contributed by atoms with E-state index in [0.717, 1.165) is 19.4 Å². The van der Waals surface area contributed by atoms with E-state index in [4.69, 9.17) is 0 Å². The van der Waals surface area contributed by atoms with Crippen molar-refractivity contribution in [1.29, 1.82) is 0 Å². The van der Waals surface area contributed by atoms with E-state index in [0.29, 0.717) is 19.1 Å². The summed E-state index contributed by atoms with van der Waals surface area (Å²) in [4.78, 5) is 25.8. The van der Waals surface area contributed by atoms with Crippen molar-refractivity contribution in [3.63, 3.8) is 0 Å². The molecule has 0 spiro atoms. The molecule has 0 aliphatic carbocycles. The van der Waals surface area contributed by atoms with Gasteiger partial charge in [-0.15, -0.1) is 0 Å². The molecule has 6 nitrogen and oxygen atoms in total. The van der Waals surface area contributed by atoms with Gasteiger partial charge in [-0.3, -0.25) is 9.59 Å². The molecule has 102 valence electrons. The number of nitrogens with one attached hydrogen (secondary N) is 3. The first kappa shape index (κ1) is 13.3. The van der Waals surface area contributed by atoms with Gasteiger partial charge in [-0.1, -0.05) is 0 Å². The number of hydrogen-bond acceptors (Lipinski definition) is 4. The molecule has 0 aromatic heterocycles. The zero-order valence-corrected chi connectivity index (χ0v) is 11.0. The molecule has 2 aliphatic rings. The molecule has 0 radical (unpaired) electrons. The summed E-state index contributed by atoms with van der Waals surface area (Å²) < 4.78 is 0. The molecule has 18 heavy (non-hydrogen) atoms. The maximum Gasteiger partial charge on any atom is 0.242 e. The van der Waals surface area contributed by atoms with Crippen LogP contribution in [0.3, 0.4) is 0 Å². The predicted octanol–water partition coefficient (Wildman–Crippen LogP) is -1.33. The zero-order chi connectivity index (χ0) is 13.1. The van der Waals surface area contributed by atoms with Gasteiger partial charge in [0.2, 0.25) is 11.8 Å². The van der Waals surface area contributed by atoms with Crippen LogP contribution in [0.1, 0.15) is 19.8 Å². The fourth-order valence-electron chi connectivity index (χ4n) is 2.63. The van der Waals surface area contributed by atoms with Crippen LogP contribution >= 0.6 is 0 Å². The Morgan fingerprint density at radius 1 is 1.28 bits per heavy atom. The smallest absolute Gasteiger partial charge is 0.242 e. The molecule has 2 saturated heterocycles. The van der Waals surface area contributed by atoms with Gasteiger partial charge in [-0.25, -0.2) is 0 Å². The molecule has 6 heteroatoms. The summed E-state index contributed by atoms with van der Waals surface area (Å²) in [6.07, 6.45) is 1.67. The van der Waals surface area contributed by atoms with Crippen LogP contribution in [-0.2, 0) is 9.59 Å². The third-order valence-electron chi connectivity index (χ3n) is 3.72. The van der Waals surface area contributed by atoms with E-state index < -0.39 is 0 Å². The fourth-order valence-corrected chi connectivity index (χ4v) is 2.63. The summed E-state index contributed by atoms with van der Waals surface area (Å²) in [6, 6.07) is -0.0996. The van der Waals surface area contributed by atoms with E-state index >= 15 is 0 Å². The molecule has 2 rings (SSSR count). The highest BCUT2D eigenvalue weighted by Gasteiger charge is 2.37. The van der Waals surface area contributed by atoms with Gasteiger partial charge in [-0.2, -0.15) is 0 Å². The van der Waals surface area contributed by atoms with Gasteiger partial charge in [0, 0.05) is 32.7 Å². The van der Waals surface area contributed by atoms with Gasteiger partial charge >= 0.3 is 0 Å². The summed E-state index contributed by atoms with van der Waals surface area (Å²) in [7, 11) is 1.62. The normalized spacial score (nSPS) is 32.3. The Balaban J connectivity index is 1.97. The molecule has 3 atom stereocenters. The van der Waals surface area contributed by atoms with Crippen molar-refractivity contribution in [3.8, 4) is 0 Å². The summed E-state index contributed by atoms with van der Waals surface area (Å²) in [6.45, 7) is 4.19. The molecule has 3 unspecified atom stereocenters. The summed E-state index contributed by atoms with van der Waals surface area (Å²) in [5, 5.41) is 9.15. The van der Waals surface area contributed by atoms with Gasteiger partial charge in [0.05, 0.1) is 6.04 Å². The predicted molar refractivity (Wildman–Crippen MR) is 68.1 cm³/mol. The molecule has 3 N–H and O–H groups in total. The Kier molecular flexibility index (Phi) is 4.19. The van der Waals surface area contributed by atoms with Gasteiger partial charge in [-0.05, 0) is 19.8 Å². The van der Waals surface area contributed by atoms with Crippen LogP contribution < -0.4 is 16.0 Å². The number of rotatable bonds is 2. The molecule has 0 saturated carbocycles. The van der Waals surface area contributed by atoms with Crippen molar-refractivity contribution in [1.82, 2.24) is 20.9 Å². The number of piperazine rings is 1. The summed E-state index contributed by atoms with van der Waals surface area (Å²) in [5.74, 6) is -0.0153. The number of amides is 2. The minimum absolute atomic E-state index is 0.0421. The summed E-state index contributed by atoms with van der Waals surface area (Å²) in [5.41, 5.74) is 0. The highest BCUT2D eigenvalue weighted by Crippen LogP contribution is 2.18. The number of likely N-dealkylation sites (N-methyl/N-ethyl adjacent to an activating group) is 1. The van der Waals surface area contributed by atoms with Crippen LogP contribution in [0.25, 0.3) is 0 Å². The second-order valence-corrected chi connectivity index (χ2v) is 5.07. The van der Waals surface area contributed by atoms with Crippen LogP contribution in [0.5, 0.6) is 0 Å². The van der Waals surface area contributed by atoms with Crippen LogP contribution in [0, 0.1) is 0 Å². The van der Waals surface area contributed by atoms with Crippen LogP contribution in [0.4, 0.5) is 0 Å². The lowest BCUT2D eigenvalue weighted by Crippen LogP contribution is -2.61. The maximum absolute atomic E-state index is 12.4. The molecular weight excluding hydrogens is 232 g/mol. The topological polar surface area (TPSA) is 73.5 Å². The molecule has 0 bridgehead atoms. The molecule has 2 aliphatic heterocycles. The molecule has 0 aromatic carbocycles.